The van der Waals surface area contributed by atoms with Gasteiger partial charge in [0.1, 0.15) is 5.54 Å². The predicted molar refractivity (Wildman–Crippen MR) is 78.3 cm³/mol. The lowest BCUT2D eigenvalue weighted by atomic mass is 9.82. The van der Waals surface area contributed by atoms with E-state index < -0.39 is 11.6 Å². The van der Waals surface area contributed by atoms with Gasteiger partial charge >= 0.3 is 6.03 Å². The van der Waals surface area contributed by atoms with E-state index in [0.29, 0.717) is 24.7 Å². The van der Waals surface area contributed by atoms with Gasteiger partial charge in [0.25, 0.3) is 5.91 Å². The van der Waals surface area contributed by atoms with Crippen LogP contribution in [-0.2, 0) is 9.59 Å². The maximum absolute atomic E-state index is 12.6. The maximum Gasteiger partial charge on any atom is 0.344 e. The van der Waals surface area contributed by atoms with Gasteiger partial charge in [0, 0.05) is 5.92 Å². The summed E-state index contributed by atoms with van der Waals surface area (Å²) in [6, 6.07) is -0.469. The second-order valence-corrected chi connectivity index (χ2v) is 7.47. The van der Waals surface area contributed by atoms with Gasteiger partial charge in [-0.2, -0.15) is 5.01 Å². The summed E-state index contributed by atoms with van der Waals surface area (Å²) < 4.78 is 0. The van der Waals surface area contributed by atoms with Crippen molar-refractivity contribution in [1.29, 1.82) is 0 Å². The molecule has 3 unspecified atom stereocenters. The minimum absolute atomic E-state index is 0.0257. The summed E-state index contributed by atoms with van der Waals surface area (Å²) in [4.78, 5) is 37.2. The highest BCUT2D eigenvalue weighted by Crippen LogP contribution is 2.48. The van der Waals surface area contributed by atoms with Crippen LogP contribution in [0.25, 0.3) is 0 Å². The lowest BCUT2D eigenvalue weighted by molar-refractivity contribution is -0.142. The van der Waals surface area contributed by atoms with E-state index in [4.69, 9.17) is 0 Å². The first-order chi connectivity index (χ1) is 10.6. The zero-order valence-corrected chi connectivity index (χ0v) is 12.8. The van der Waals surface area contributed by atoms with E-state index in [9.17, 15) is 14.4 Å². The number of imide groups is 1. The molecule has 2 N–H and O–H groups in total. The summed E-state index contributed by atoms with van der Waals surface area (Å²) in [6.45, 7) is 0. The van der Waals surface area contributed by atoms with Crippen molar-refractivity contribution in [3.05, 3.63) is 0 Å². The van der Waals surface area contributed by atoms with Gasteiger partial charge in [-0.25, -0.2) is 4.79 Å². The zero-order chi connectivity index (χ0) is 15.3. The largest absolute Gasteiger partial charge is 0.344 e. The number of hydrogen-bond donors (Lipinski definition) is 2. The fourth-order valence-corrected chi connectivity index (χ4v) is 4.97. The second-order valence-electron chi connectivity index (χ2n) is 7.47. The predicted octanol–water partition coefficient (Wildman–Crippen LogP) is 1.71. The Balaban J connectivity index is 1.45. The number of amides is 4. The van der Waals surface area contributed by atoms with E-state index in [1.165, 1.54) is 6.42 Å². The molecule has 1 aliphatic heterocycles. The van der Waals surface area contributed by atoms with Crippen LogP contribution in [0.5, 0.6) is 0 Å². The Morgan fingerprint density at radius 2 is 1.91 bits per heavy atom. The fraction of sp³-hybridized carbons (Fsp3) is 0.812. The summed E-state index contributed by atoms with van der Waals surface area (Å²) in [5.41, 5.74) is 1.84. The van der Waals surface area contributed by atoms with Crippen molar-refractivity contribution in [2.24, 2.45) is 17.8 Å². The standard InChI is InChI=1S/C16H23N3O3/c20-13(12-9-10-4-5-11(12)8-10)18-19-14(21)16(17-15(19)22)6-2-1-3-7-16/h10-12H,1-9H2,(H,17,22)(H,18,20). The summed E-state index contributed by atoms with van der Waals surface area (Å²) in [5, 5.41) is 3.77. The zero-order valence-electron chi connectivity index (χ0n) is 12.8. The number of fused-ring (bicyclic) bond motifs is 2. The highest BCUT2D eigenvalue weighted by molar-refractivity contribution is 6.08. The van der Waals surface area contributed by atoms with Crippen LogP contribution in [0.15, 0.2) is 0 Å². The Bertz CT molecular complexity index is 527. The van der Waals surface area contributed by atoms with Crippen molar-refractivity contribution in [2.75, 3.05) is 0 Å². The summed E-state index contributed by atoms with van der Waals surface area (Å²) >= 11 is 0. The number of hydrazine groups is 1. The third-order valence-electron chi connectivity index (χ3n) is 6.17. The van der Waals surface area contributed by atoms with Crippen molar-refractivity contribution in [3.63, 3.8) is 0 Å². The van der Waals surface area contributed by atoms with E-state index in [1.807, 2.05) is 0 Å². The fourth-order valence-electron chi connectivity index (χ4n) is 4.97. The van der Waals surface area contributed by atoms with Gasteiger partial charge in [0.15, 0.2) is 0 Å². The molecule has 1 spiro atoms. The van der Waals surface area contributed by atoms with Crippen LogP contribution < -0.4 is 10.7 Å². The summed E-state index contributed by atoms with van der Waals surface area (Å²) in [7, 11) is 0. The first kappa shape index (κ1) is 14.0. The molecule has 2 bridgehead atoms. The number of carbonyl (C=O) groups excluding carboxylic acids is 3. The normalized spacial score (nSPS) is 36.0. The van der Waals surface area contributed by atoms with Crippen molar-refractivity contribution in [2.45, 2.75) is 63.3 Å². The van der Waals surface area contributed by atoms with E-state index in [-0.39, 0.29) is 17.7 Å². The molecule has 0 radical (unpaired) electrons. The Hall–Kier alpha value is -1.59. The smallest absolute Gasteiger partial charge is 0.322 e. The molecule has 22 heavy (non-hydrogen) atoms. The lowest BCUT2D eigenvalue weighted by Gasteiger charge is -2.30. The first-order valence-corrected chi connectivity index (χ1v) is 8.56. The van der Waals surface area contributed by atoms with Crippen LogP contribution in [0.1, 0.15) is 57.8 Å². The van der Waals surface area contributed by atoms with Gasteiger partial charge in [-0.3, -0.25) is 15.0 Å². The first-order valence-electron chi connectivity index (χ1n) is 8.56. The molecule has 6 nitrogen and oxygen atoms in total. The molecule has 3 saturated carbocycles. The third-order valence-corrected chi connectivity index (χ3v) is 6.17. The minimum atomic E-state index is -0.767. The van der Waals surface area contributed by atoms with Crippen molar-refractivity contribution in [1.82, 2.24) is 15.8 Å². The molecule has 6 heteroatoms. The number of carbonyl (C=O) groups is 3. The van der Waals surface area contributed by atoms with Crippen LogP contribution in [0.4, 0.5) is 4.79 Å². The van der Waals surface area contributed by atoms with Crippen molar-refractivity contribution < 1.29 is 14.4 Å². The van der Waals surface area contributed by atoms with Gasteiger partial charge in [-0.1, -0.05) is 25.7 Å². The molecule has 0 aromatic carbocycles. The molecule has 4 aliphatic rings. The monoisotopic (exact) mass is 305 g/mol. The molecule has 4 fully saturated rings. The second kappa shape index (κ2) is 4.96. The van der Waals surface area contributed by atoms with Gasteiger partial charge in [0.2, 0.25) is 5.91 Å². The van der Waals surface area contributed by atoms with Crippen molar-refractivity contribution in [3.8, 4) is 0 Å². The van der Waals surface area contributed by atoms with E-state index in [2.05, 4.69) is 10.7 Å². The Kier molecular flexibility index (Phi) is 3.16. The molecule has 3 atom stereocenters. The quantitative estimate of drug-likeness (QED) is 0.762. The van der Waals surface area contributed by atoms with Gasteiger partial charge in [0.05, 0.1) is 0 Å². The van der Waals surface area contributed by atoms with Crippen LogP contribution in [-0.4, -0.2) is 28.4 Å². The van der Waals surface area contributed by atoms with Crippen LogP contribution in [0, 0.1) is 17.8 Å². The van der Waals surface area contributed by atoms with Crippen LogP contribution >= 0.6 is 0 Å². The Morgan fingerprint density at radius 1 is 1.14 bits per heavy atom. The van der Waals surface area contributed by atoms with Crippen molar-refractivity contribution >= 4 is 17.8 Å². The molecule has 4 rings (SSSR count). The van der Waals surface area contributed by atoms with E-state index in [1.54, 1.807) is 0 Å². The molecule has 0 aromatic rings. The molecule has 120 valence electrons. The third kappa shape index (κ3) is 2.03. The Morgan fingerprint density at radius 3 is 2.55 bits per heavy atom. The highest BCUT2D eigenvalue weighted by Gasteiger charge is 2.53. The topological polar surface area (TPSA) is 78.5 Å². The average molecular weight is 305 g/mol. The van der Waals surface area contributed by atoms with E-state index >= 15 is 0 Å². The minimum Gasteiger partial charge on any atom is -0.322 e. The molecule has 3 aliphatic carbocycles. The number of hydrogen-bond acceptors (Lipinski definition) is 3. The Labute approximate surface area is 130 Å². The SMILES string of the molecule is O=C(NN1C(=O)NC2(CCCCC2)C1=O)C1CC2CCC1C2. The molecule has 1 heterocycles. The highest BCUT2D eigenvalue weighted by atomic mass is 16.2. The van der Waals surface area contributed by atoms with E-state index in [0.717, 1.165) is 43.5 Å². The molecule has 0 aromatic heterocycles. The lowest BCUT2D eigenvalue weighted by Crippen LogP contribution is -2.52. The van der Waals surface area contributed by atoms with Crippen LogP contribution in [0.2, 0.25) is 0 Å². The number of rotatable bonds is 2. The van der Waals surface area contributed by atoms with Crippen LogP contribution in [0.3, 0.4) is 0 Å². The number of urea groups is 1. The number of nitrogens with one attached hydrogen (secondary N) is 2. The maximum atomic E-state index is 12.6. The molecular formula is C16H23N3O3. The van der Waals surface area contributed by atoms with Gasteiger partial charge < -0.3 is 5.32 Å². The molecular weight excluding hydrogens is 282 g/mol. The summed E-state index contributed by atoms with van der Waals surface area (Å²) in [5.74, 6) is 0.655. The van der Waals surface area contributed by atoms with Gasteiger partial charge in [-0.15, -0.1) is 0 Å². The molecule has 1 saturated heterocycles. The summed E-state index contributed by atoms with van der Waals surface area (Å²) in [6.07, 6.45) is 8.71. The molecule has 4 amide bonds. The average Bonchev–Trinajstić information content (AvgIpc) is 3.19. The van der Waals surface area contributed by atoms with Gasteiger partial charge in [-0.05, 0) is 43.9 Å². The number of nitrogens with zero attached hydrogens (tertiary/aromatic N) is 1.